The van der Waals surface area contributed by atoms with E-state index in [1.165, 1.54) is 23.4 Å². The van der Waals surface area contributed by atoms with Crippen LogP contribution in [0.4, 0.5) is 5.82 Å². The molecule has 0 spiro atoms. The number of nitrogen functional groups attached to an aromatic ring is 1. The first-order valence-corrected chi connectivity index (χ1v) is 7.48. The van der Waals surface area contributed by atoms with Crippen LogP contribution in [-0.4, -0.2) is 28.0 Å². The van der Waals surface area contributed by atoms with Crippen molar-refractivity contribution in [1.29, 1.82) is 0 Å². The molecule has 0 aromatic carbocycles. The highest BCUT2D eigenvalue weighted by Gasteiger charge is 2.39. The number of hydrogen-bond acceptors (Lipinski definition) is 5. The minimum absolute atomic E-state index is 0.567. The van der Waals surface area contributed by atoms with Gasteiger partial charge in [0.2, 0.25) is 0 Å². The Kier molecular flexibility index (Phi) is 2.40. The topological polar surface area (TPSA) is 55.0 Å². The van der Waals surface area contributed by atoms with E-state index in [9.17, 15) is 0 Å². The van der Waals surface area contributed by atoms with Crippen LogP contribution in [0, 0.1) is 0 Å². The summed E-state index contributed by atoms with van der Waals surface area (Å²) in [4.78, 5) is 12.9. The number of rotatable bonds is 1. The summed E-state index contributed by atoms with van der Waals surface area (Å²) in [6.45, 7) is 0. The van der Waals surface area contributed by atoms with Crippen molar-refractivity contribution in [2.75, 3.05) is 12.8 Å². The molecule has 0 radical (unpaired) electrons. The molecule has 0 aliphatic carbocycles. The second kappa shape index (κ2) is 4.02. The summed E-state index contributed by atoms with van der Waals surface area (Å²) >= 11 is 1.79. The zero-order valence-electron chi connectivity index (χ0n) is 10.8. The maximum Gasteiger partial charge on any atom is 0.133 e. The number of hydrogen-bond donors (Lipinski definition) is 1. The van der Waals surface area contributed by atoms with Crippen LogP contribution in [0.1, 0.15) is 29.5 Å². The number of likely N-dealkylation sites (N-methyl/N-ethyl adjacent to an activating group) is 1. The number of aromatic nitrogens is 2. The second-order valence-electron chi connectivity index (χ2n) is 5.38. The molecular weight excluding hydrogens is 256 g/mol. The van der Waals surface area contributed by atoms with E-state index in [1.54, 1.807) is 17.5 Å². The van der Waals surface area contributed by atoms with Crippen LogP contribution in [0.25, 0.3) is 10.6 Å². The number of fused-ring (bicyclic) bond motifs is 4. The summed E-state index contributed by atoms with van der Waals surface area (Å²) in [5.74, 6) is 0.576. The van der Waals surface area contributed by atoms with Crippen LogP contribution in [0.5, 0.6) is 0 Å². The molecule has 2 N–H and O–H groups in total. The average Bonchev–Trinajstić information content (AvgIpc) is 2.92. The third-order valence-corrected chi connectivity index (χ3v) is 5.60. The van der Waals surface area contributed by atoms with E-state index in [0.717, 1.165) is 17.0 Å². The highest BCUT2D eigenvalue weighted by molar-refractivity contribution is 7.15. The lowest BCUT2D eigenvalue weighted by Crippen LogP contribution is -2.33. The van der Waals surface area contributed by atoms with Crippen molar-refractivity contribution < 1.29 is 0 Å². The zero-order valence-corrected chi connectivity index (χ0v) is 11.7. The second-order valence-corrected chi connectivity index (χ2v) is 6.41. The van der Waals surface area contributed by atoms with Crippen molar-refractivity contribution in [1.82, 2.24) is 14.9 Å². The maximum absolute atomic E-state index is 5.96. The van der Waals surface area contributed by atoms with Crippen molar-refractivity contribution in [2.45, 2.75) is 31.3 Å². The third-order valence-electron chi connectivity index (χ3n) is 4.37. The number of nitrogens with zero attached hydrogens (tertiary/aromatic N) is 3. The van der Waals surface area contributed by atoms with E-state index in [1.807, 2.05) is 12.1 Å². The molecule has 2 aromatic rings. The van der Waals surface area contributed by atoms with Crippen molar-refractivity contribution in [3.8, 4) is 10.6 Å². The molecule has 0 amide bonds. The van der Waals surface area contributed by atoms with Crippen LogP contribution < -0.4 is 5.73 Å². The van der Waals surface area contributed by atoms with E-state index in [2.05, 4.69) is 16.9 Å². The van der Waals surface area contributed by atoms with Crippen LogP contribution in [-0.2, 0) is 6.42 Å². The Balaban J connectivity index is 1.81. The normalized spacial score (nSPS) is 25.5. The number of pyridine rings is 1. The molecule has 0 saturated carbocycles. The van der Waals surface area contributed by atoms with E-state index in [0.29, 0.717) is 17.9 Å². The molecule has 4 heterocycles. The summed E-state index contributed by atoms with van der Waals surface area (Å²) in [6.07, 6.45) is 5.37. The molecule has 19 heavy (non-hydrogen) atoms. The smallest absolute Gasteiger partial charge is 0.133 e. The Morgan fingerprint density at radius 2 is 2.32 bits per heavy atom. The van der Waals surface area contributed by atoms with Crippen molar-refractivity contribution >= 4 is 17.2 Å². The Hall–Kier alpha value is -1.46. The van der Waals surface area contributed by atoms with Gasteiger partial charge in [-0.2, -0.15) is 0 Å². The molecule has 2 unspecified atom stereocenters. The van der Waals surface area contributed by atoms with Gasteiger partial charge in [0.15, 0.2) is 0 Å². The molecule has 2 aliphatic rings. The monoisotopic (exact) mass is 272 g/mol. The van der Waals surface area contributed by atoms with Gasteiger partial charge in [0.05, 0.1) is 11.3 Å². The summed E-state index contributed by atoms with van der Waals surface area (Å²) in [5, 5.41) is 1.02. The van der Waals surface area contributed by atoms with Gasteiger partial charge in [-0.25, -0.2) is 9.97 Å². The van der Waals surface area contributed by atoms with Gasteiger partial charge in [0, 0.05) is 29.6 Å². The molecular formula is C14H16N4S. The SMILES string of the molecule is CN1C2CCC1c1sc(-c3cccnc3N)nc1C2. The van der Waals surface area contributed by atoms with Gasteiger partial charge in [-0.15, -0.1) is 11.3 Å². The minimum Gasteiger partial charge on any atom is -0.383 e. The third kappa shape index (κ3) is 1.61. The first-order valence-electron chi connectivity index (χ1n) is 6.66. The van der Waals surface area contributed by atoms with Crippen molar-refractivity contribution in [3.63, 3.8) is 0 Å². The Morgan fingerprint density at radius 3 is 3.16 bits per heavy atom. The fraction of sp³-hybridized carbons (Fsp3) is 0.429. The lowest BCUT2D eigenvalue weighted by atomic mass is 10.1. The van der Waals surface area contributed by atoms with Gasteiger partial charge < -0.3 is 5.73 Å². The van der Waals surface area contributed by atoms with Crippen LogP contribution in [0.3, 0.4) is 0 Å². The van der Waals surface area contributed by atoms with Crippen LogP contribution >= 0.6 is 11.3 Å². The van der Waals surface area contributed by atoms with Gasteiger partial charge in [0.25, 0.3) is 0 Å². The molecule has 98 valence electrons. The lowest BCUT2D eigenvalue weighted by Gasteiger charge is -2.29. The predicted molar refractivity (Wildman–Crippen MR) is 77.0 cm³/mol. The van der Waals surface area contributed by atoms with Crippen LogP contribution in [0.15, 0.2) is 18.3 Å². The lowest BCUT2D eigenvalue weighted by molar-refractivity contribution is 0.226. The fourth-order valence-corrected chi connectivity index (χ4v) is 4.59. The van der Waals surface area contributed by atoms with Crippen molar-refractivity contribution in [3.05, 3.63) is 28.9 Å². The van der Waals surface area contributed by atoms with Crippen molar-refractivity contribution in [2.24, 2.45) is 0 Å². The molecule has 2 atom stereocenters. The summed E-state index contributed by atoms with van der Waals surface area (Å²) < 4.78 is 0. The van der Waals surface area contributed by atoms with Gasteiger partial charge in [-0.05, 0) is 32.0 Å². The zero-order chi connectivity index (χ0) is 13.0. The predicted octanol–water partition coefficient (Wildman–Crippen LogP) is 2.48. The van der Waals surface area contributed by atoms with Gasteiger partial charge in [-0.3, -0.25) is 4.90 Å². The average molecular weight is 272 g/mol. The molecule has 4 nitrogen and oxygen atoms in total. The highest BCUT2D eigenvalue weighted by Crippen LogP contribution is 2.46. The quantitative estimate of drug-likeness (QED) is 0.866. The Labute approximate surface area is 116 Å². The van der Waals surface area contributed by atoms with Gasteiger partial charge in [0.1, 0.15) is 10.8 Å². The Morgan fingerprint density at radius 1 is 1.42 bits per heavy atom. The first-order chi connectivity index (χ1) is 9.24. The van der Waals surface area contributed by atoms with E-state index < -0.39 is 0 Å². The first kappa shape index (κ1) is 11.4. The minimum atomic E-state index is 0.567. The molecule has 2 bridgehead atoms. The summed E-state index contributed by atoms with van der Waals surface area (Å²) in [7, 11) is 2.24. The standard InChI is InChI=1S/C14H16N4S/c1-18-8-4-5-11(18)12-10(7-8)17-14(19-12)9-3-2-6-16-13(9)15/h2-3,6,8,11H,4-5,7H2,1H3,(H2,15,16). The molecule has 5 heteroatoms. The van der Waals surface area contributed by atoms with Gasteiger partial charge >= 0.3 is 0 Å². The number of nitrogens with two attached hydrogens (primary N) is 1. The molecule has 2 aromatic heterocycles. The largest absolute Gasteiger partial charge is 0.383 e. The highest BCUT2D eigenvalue weighted by atomic mass is 32.1. The van der Waals surface area contributed by atoms with E-state index in [4.69, 9.17) is 10.7 Å². The van der Waals surface area contributed by atoms with E-state index >= 15 is 0 Å². The molecule has 1 saturated heterocycles. The van der Waals surface area contributed by atoms with Gasteiger partial charge in [-0.1, -0.05) is 0 Å². The maximum atomic E-state index is 5.96. The fourth-order valence-electron chi connectivity index (χ4n) is 3.28. The summed E-state index contributed by atoms with van der Waals surface area (Å²) in [6, 6.07) is 5.18. The molecule has 2 aliphatic heterocycles. The Bertz CT molecular complexity index is 636. The van der Waals surface area contributed by atoms with E-state index in [-0.39, 0.29) is 0 Å². The van der Waals surface area contributed by atoms with Crippen LogP contribution in [0.2, 0.25) is 0 Å². The molecule has 4 rings (SSSR count). The number of anilines is 1. The number of thiazole rings is 1. The summed E-state index contributed by atoms with van der Waals surface area (Å²) in [5.41, 5.74) is 8.22. The molecule has 1 fully saturated rings.